The van der Waals surface area contributed by atoms with Gasteiger partial charge in [0.05, 0.1) is 28.0 Å². The summed E-state index contributed by atoms with van der Waals surface area (Å²) in [6.07, 6.45) is 1.49. The van der Waals surface area contributed by atoms with Crippen LogP contribution in [0, 0.1) is 0 Å². The number of nitrogens with one attached hydrogen (secondary N) is 2. The molecule has 2 aliphatic rings. The average Bonchev–Trinajstić information content (AvgIpc) is 3.19. The number of methoxy groups -OCH3 is 3. The summed E-state index contributed by atoms with van der Waals surface area (Å²) in [7, 11) is 4.56. The maximum Gasteiger partial charge on any atom is 0.251 e. The van der Waals surface area contributed by atoms with Crippen LogP contribution in [0.25, 0.3) is 0 Å². The molecule has 4 rings (SSSR count). The molecule has 2 fully saturated rings. The van der Waals surface area contributed by atoms with E-state index in [1.54, 1.807) is 12.1 Å². The number of carbonyl (C=O) groups is 2. The number of rotatable bonds is 8. The van der Waals surface area contributed by atoms with Crippen LogP contribution in [0.2, 0.25) is 0 Å². The van der Waals surface area contributed by atoms with Crippen molar-refractivity contribution in [3.8, 4) is 17.2 Å². The summed E-state index contributed by atoms with van der Waals surface area (Å²) >= 11 is 0. The Balaban J connectivity index is 1.33. The molecule has 0 radical (unpaired) electrons. The molecule has 0 unspecified atom stereocenters. The van der Waals surface area contributed by atoms with Crippen LogP contribution in [-0.4, -0.2) is 76.4 Å². The van der Waals surface area contributed by atoms with Crippen molar-refractivity contribution in [3.05, 3.63) is 48.0 Å². The molecule has 182 valence electrons. The lowest BCUT2D eigenvalue weighted by Crippen LogP contribution is -2.57. The van der Waals surface area contributed by atoms with E-state index >= 15 is 0 Å². The average molecular weight is 469 g/mol. The first-order chi connectivity index (χ1) is 16.5. The topological polar surface area (TPSA) is 92.4 Å². The molecule has 2 aromatic rings. The molecule has 0 aromatic heterocycles. The van der Waals surface area contributed by atoms with Crippen molar-refractivity contribution in [2.45, 2.75) is 18.4 Å². The van der Waals surface area contributed by atoms with Gasteiger partial charge in [-0.1, -0.05) is 18.2 Å². The summed E-state index contributed by atoms with van der Waals surface area (Å²) < 4.78 is 16.0. The normalized spacial score (nSPS) is 17.4. The van der Waals surface area contributed by atoms with Crippen molar-refractivity contribution in [1.82, 2.24) is 15.5 Å². The Labute approximate surface area is 200 Å². The van der Waals surface area contributed by atoms with E-state index in [9.17, 15) is 9.59 Å². The first kappa shape index (κ1) is 23.7. The molecular weight excluding hydrogens is 436 g/mol. The van der Waals surface area contributed by atoms with Crippen LogP contribution >= 0.6 is 0 Å². The maximum atomic E-state index is 12.8. The third-order valence-corrected chi connectivity index (χ3v) is 6.73. The number of hydrogen-bond donors (Lipinski definition) is 2. The van der Waals surface area contributed by atoms with Crippen molar-refractivity contribution < 1.29 is 23.8 Å². The van der Waals surface area contributed by atoms with E-state index < -0.39 is 5.54 Å². The minimum Gasteiger partial charge on any atom is -0.493 e. The molecule has 2 amide bonds. The molecule has 2 heterocycles. The summed E-state index contributed by atoms with van der Waals surface area (Å²) in [6, 6.07) is 13.3. The summed E-state index contributed by atoms with van der Waals surface area (Å²) in [5, 5.41) is 6.00. The van der Waals surface area contributed by atoms with Gasteiger partial charge in [-0.05, 0) is 37.1 Å². The van der Waals surface area contributed by atoms with Gasteiger partial charge in [0.15, 0.2) is 11.5 Å². The summed E-state index contributed by atoms with van der Waals surface area (Å²) in [6.45, 7) is 3.32. The van der Waals surface area contributed by atoms with Crippen molar-refractivity contribution in [2.75, 3.05) is 59.1 Å². The molecule has 34 heavy (non-hydrogen) atoms. The zero-order chi connectivity index (χ0) is 24.1. The zero-order valence-electron chi connectivity index (χ0n) is 19.9. The predicted octanol–water partition coefficient (Wildman–Crippen LogP) is 1.87. The summed E-state index contributed by atoms with van der Waals surface area (Å²) in [4.78, 5) is 30.0. The minimum absolute atomic E-state index is 0.103. The van der Waals surface area contributed by atoms with Gasteiger partial charge in [0.2, 0.25) is 11.7 Å². The number of carbonyl (C=O) groups excluding carboxylic acids is 2. The SMILES string of the molecule is COc1cc(C(=O)NCCN2CCC3(CC2)C(=O)NCN3c2ccccc2)cc(OC)c1OC. The second-order valence-corrected chi connectivity index (χ2v) is 8.47. The fraction of sp³-hybridized carbons (Fsp3) is 0.440. The molecule has 0 bridgehead atoms. The van der Waals surface area contributed by atoms with E-state index in [1.807, 2.05) is 30.3 Å². The first-order valence-corrected chi connectivity index (χ1v) is 11.4. The van der Waals surface area contributed by atoms with Crippen molar-refractivity contribution in [1.29, 1.82) is 0 Å². The van der Waals surface area contributed by atoms with Gasteiger partial charge >= 0.3 is 0 Å². The number of hydrogen-bond acceptors (Lipinski definition) is 7. The smallest absolute Gasteiger partial charge is 0.251 e. The highest BCUT2D eigenvalue weighted by molar-refractivity contribution is 5.95. The second-order valence-electron chi connectivity index (χ2n) is 8.47. The Morgan fingerprint density at radius 3 is 2.26 bits per heavy atom. The van der Waals surface area contributed by atoms with Crippen LogP contribution in [-0.2, 0) is 4.79 Å². The molecule has 2 aliphatic heterocycles. The molecule has 2 aromatic carbocycles. The number of amides is 2. The second kappa shape index (κ2) is 10.2. The number of likely N-dealkylation sites (tertiary alicyclic amines) is 1. The van der Waals surface area contributed by atoms with E-state index in [0.29, 0.717) is 42.6 Å². The van der Waals surface area contributed by atoms with Gasteiger partial charge in [-0.3, -0.25) is 9.59 Å². The van der Waals surface area contributed by atoms with Gasteiger partial charge in [0, 0.05) is 37.4 Å². The quantitative estimate of drug-likeness (QED) is 0.611. The highest BCUT2D eigenvalue weighted by Crippen LogP contribution is 2.38. The van der Waals surface area contributed by atoms with E-state index in [2.05, 4.69) is 20.4 Å². The largest absolute Gasteiger partial charge is 0.493 e. The number of benzene rings is 2. The van der Waals surface area contributed by atoms with E-state index in [0.717, 1.165) is 31.6 Å². The zero-order valence-corrected chi connectivity index (χ0v) is 19.9. The molecule has 1 spiro atoms. The van der Waals surface area contributed by atoms with Crippen molar-refractivity contribution in [3.63, 3.8) is 0 Å². The van der Waals surface area contributed by atoms with Gasteiger partial charge in [0.1, 0.15) is 5.54 Å². The molecule has 2 saturated heterocycles. The van der Waals surface area contributed by atoms with Gasteiger partial charge in [-0.2, -0.15) is 0 Å². The summed E-state index contributed by atoms with van der Waals surface area (Å²) in [5.74, 6) is 1.21. The lowest BCUT2D eigenvalue weighted by atomic mass is 9.85. The molecule has 0 atom stereocenters. The van der Waals surface area contributed by atoms with Crippen LogP contribution < -0.4 is 29.7 Å². The van der Waals surface area contributed by atoms with E-state index in [1.165, 1.54) is 21.3 Å². The molecule has 0 saturated carbocycles. The molecule has 2 N–H and O–H groups in total. The maximum absolute atomic E-state index is 12.8. The van der Waals surface area contributed by atoms with Crippen LogP contribution in [0.5, 0.6) is 17.2 Å². The van der Waals surface area contributed by atoms with Gasteiger partial charge in [-0.25, -0.2) is 0 Å². The molecule has 0 aliphatic carbocycles. The molecule has 9 nitrogen and oxygen atoms in total. The number of anilines is 1. The number of nitrogens with zero attached hydrogens (tertiary/aromatic N) is 2. The standard InChI is InChI=1S/C25H32N4O5/c1-32-20-15-18(16-21(33-2)22(20)34-3)23(30)26-11-14-28-12-9-25(10-13-28)24(31)27-17-29(25)19-7-5-4-6-8-19/h4-8,15-16H,9-14,17H2,1-3H3,(H,26,30)(H,27,31). The van der Waals surface area contributed by atoms with Crippen LogP contribution in [0.15, 0.2) is 42.5 Å². The van der Waals surface area contributed by atoms with E-state index in [4.69, 9.17) is 14.2 Å². The van der Waals surface area contributed by atoms with Crippen LogP contribution in [0.1, 0.15) is 23.2 Å². The van der Waals surface area contributed by atoms with Crippen LogP contribution in [0.4, 0.5) is 5.69 Å². The third-order valence-electron chi connectivity index (χ3n) is 6.73. The first-order valence-electron chi connectivity index (χ1n) is 11.4. The number of piperidine rings is 1. The predicted molar refractivity (Wildman–Crippen MR) is 129 cm³/mol. The van der Waals surface area contributed by atoms with Gasteiger partial charge in [0.25, 0.3) is 5.91 Å². The van der Waals surface area contributed by atoms with Gasteiger partial charge in [-0.15, -0.1) is 0 Å². The lowest BCUT2D eigenvalue weighted by molar-refractivity contribution is -0.125. The Hall–Kier alpha value is -3.46. The Morgan fingerprint density at radius 2 is 1.68 bits per heavy atom. The molecule has 9 heteroatoms. The van der Waals surface area contributed by atoms with Crippen molar-refractivity contribution >= 4 is 17.5 Å². The summed E-state index contributed by atoms with van der Waals surface area (Å²) in [5.41, 5.74) is 0.997. The number of para-hydroxylation sites is 1. The van der Waals surface area contributed by atoms with Gasteiger partial charge < -0.3 is 34.6 Å². The highest BCUT2D eigenvalue weighted by atomic mass is 16.5. The van der Waals surface area contributed by atoms with Crippen LogP contribution in [0.3, 0.4) is 0 Å². The van der Waals surface area contributed by atoms with Crippen molar-refractivity contribution in [2.24, 2.45) is 0 Å². The Morgan fingerprint density at radius 1 is 1.03 bits per heavy atom. The minimum atomic E-state index is -0.503. The fourth-order valence-electron chi connectivity index (χ4n) is 4.82. The number of ether oxygens (including phenoxy) is 3. The fourth-order valence-corrected chi connectivity index (χ4v) is 4.82. The van der Waals surface area contributed by atoms with E-state index in [-0.39, 0.29) is 11.8 Å². The monoisotopic (exact) mass is 468 g/mol. The Bertz CT molecular complexity index is 996. The Kier molecular flexibility index (Phi) is 7.12. The molecular formula is C25H32N4O5. The highest BCUT2D eigenvalue weighted by Gasteiger charge is 2.50. The third kappa shape index (κ3) is 4.48. The lowest BCUT2D eigenvalue weighted by Gasteiger charge is -2.43.